The fraction of sp³-hybridized carbons (Fsp3) is 0.385. The van der Waals surface area contributed by atoms with E-state index in [0.29, 0.717) is 12.8 Å². The molecule has 0 unspecified atom stereocenters. The Labute approximate surface area is 90.3 Å². The highest BCUT2D eigenvalue weighted by atomic mass is 16.1. The standard InChI is InChI=1S/C13H16O2/c1-10(14)8-13(9-11(2)15)12-6-4-3-5-7-12/h3-7,13H,8-9H2,1-2H3. The molecule has 0 aliphatic carbocycles. The molecule has 0 radical (unpaired) electrons. The Balaban J connectivity index is 2.81. The van der Waals surface area contributed by atoms with Crippen LogP contribution in [0.4, 0.5) is 0 Å². The minimum atomic E-state index is 0.0428. The van der Waals surface area contributed by atoms with E-state index in [1.165, 1.54) is 0 Å². The van der Waals surface area contributed by atoms with Gasteiger partial charge in [0.1, 0.15) is 11.6 Å². The summed E-state index contributed by atoms with van der Waals surface area (Å²) in [5.74, 6) is 0.302. The average Bonchev–Trinajstić information content (AvgIpc) is 2.17. The van der Waals surface area contributed by atoms with E-state index >= 15 is 0 Å². The summed E-state index contributed by atoms with van der Waals surface area (Å²) in [6.45, 7) is 3.13. The van der Waals surface area contributed by atoms with E-state index in [9.17, 15) is 9.59 Å². The lowest BCUT2D eigenvalue weighted by atomic mass is 9.90. The fourth-order valence-corrected chi connectivity index (χ4v) is 1.73. The summed E-state index contributed by atoms with van der Waals surface area (Å²) in [6.07, 6.45) is 0.896. The van der Waals surface area contributed by atoms with Crippen LogP contribution >= 0.6 is 0 Å². The zero-order valence-electron chi connectivity index (χ0n) is 9.19. The van der Waals surface area contributed by atoms with Gasteiger partial charge < -0.3 is 9.59 Å². The summed E-state index contributed by atoms with van der Waals surface area (Å²) in [7, 11) is 0. The van der Waals surface area contributed by atoms with Crippen LogP contribution in [-0.2, 0) is 9.59 Å². The molecule has 1 aromatic carbocycles. The number of benzene rings is 1. The summed E-state index contributed by atoms with van der Waals surface area (Å²) in [5, 5.41) is 0. The van der Waals surface area contributed by atoms with Crippen LogP contribution < -0.4 is 0 Å². The average molecular weight is 204 g/mol. The number of hydrogen-bond donors (Lipinski definition) is 0. The van der Waals surface area contributed by atoms with Gasteiger partial charge in [0.25, 0.3) is 0 Å². The number of hydrogen-bond acceptors (Lipinski definition) is 2. The quantitative estimate of drug-likeness (QED) is 0.739. The minimum Gasteiger partial charge on any atom is -0.300 e. The number of ketones is 2. The number of carbonyl (C=O) groups is 2. The molecule has 0 saturated carbocycles. The maximum atomic E-state index is 11.1. The minimum absolute atomic E-state index is 0.0428. The van der Waals surface area contributed by atoms with Gasteiger partial charge in [0.05, 0.1) is 0 Å². The van der Waals surface area contributed by atoms with Gasteiger partial charge in [-0.3, -0.25) is 0 Å². The van der Waals surface area contributed by atoms with Crippen LogP contribution in [0.1, 0.15) is 38.2 Å². The van der Waals surface area contributed by atoms with Crippen molar-refractivity contribution in [3.63, 3.8) is 0 Å². The Morgan fingerprint density at radius 1 is 1.00 bits per heavy atom. The molecule has 0 saturated heterocycles. The summed E-state index contributed by atoms with van der Waals surface area (Å²) in [5.41, 5.74) is 1.07. The highest BCUT2D eigenvalue weighted by molar-refractivity contribution is 5.80. The summed E-state index contributed by atoms with van der Waals surface area (Å²) < 4.78 is 0. The van der Waals surface area contributed by atoms with Crippen molar-refractivity contribution < 1.29 is 9.59 Å². The van der Waals surface area contributed by atoms with Crippen molar-refractivity contribution in [2.45, 2.75) is 32.6 Å². The maximum Gasteiger partial charge on any atom is 0.130 e. The van der Waals surface area contributed by atoms with Gasteiger partial charge in [0.15, 0.2) is 0 Å². The van der Waals surface area contributed by atoms with Crippen LogP contribution in [-0.4, -0.2) is 11.6 Å². The number of rotatable bonds is 5. The molecule has 0 atom stereocenters. The SMILES string of the molecule is CC(=O)CC(CC(C)=O)c1ccccc1. The highest BCUT2D eigenvalue weighted by Crippen LogP contribution is 2.23. The van der Waals surface area contributed by atoms with Gasteiger partial charge in [-0.1, -0.05) is 30.3 Å². The van der Waals surface area contributed by atoms with Crippen LogP contribution in [0.5, 0.6) is 0 Å². The van der Waals surface area contributed by atoms with Crippen LogP contribution in [0.15, 0.2) is 30.3 Å². The molecule has 0 aliphatic heterocycles. The molecule has 0 aliphatic rings. The monoisotopic (exact) mass is 204 g/mol. The molecular formula is C13H16O2. The molecule has 2 nitrogen and oxygen atoms in total. The molecule has 0 aromatic heterocycles. The van der Waals surface area contributed by atoms with E-state index in [0.717, 1.165) is 5.56 Å². The van der Waals surface area contributed by atoms with Crippen molar-refractivity contribution in [1.29, 1.82) is 0 Å². The lowest BCUT2D eigenvalue weighted by Crippen LogP contribution is -2.08. The first-order valence-electron chi connectivity index (χ1n) is 5.13. The van der Waals surface area contributed by atoms with Crippen LogP contribution in [0.3, 0.4) is 0 Å². The van der Waals surface area contributed by atoms with Crippen molar-refractivity contribution >= 4 is 11.6 Å². The maximum absolute atomic E-state index is 11.1. The fourth-order valence-electron chi connectivity index (χ4n) is 1.73. The van der Waals surface area contributed by atoms with Crippen molar-refractivity contribution in [2.75, 3.05) is 0 Å². The van der Waals surface area contributed by atoms with Crippen LogP contribution in [0.25, 0.3) is 0 Å². The molecule has 2 heteroatoms. The van der Waals surface area contributed by atoms with Gasteiger partial charge in [-0.25, -0.2) is 0 Å². The molecule has 0 heterocycles. The molecule has 0 amide bonds. The molecule has 80 valence electrons. The molecule has 1 aromatic rings. The van der Waals surface area contributed by atoms with E-state index in [1.807, 2.05) is 30.3 Å². The lowest BCUT2D eigenvalue weighted by molar-refractivity contribution is -0.118. The van der Waals surface area contributed by atoms with Gasteiger partial charge in [-0.05, 0) is 25.3 Å². The highest BCUT2D eigenvalue weighted by Gasteiger charge is 2.15. The Bertz CT molecular complexity index is 325. The van der Waals surface area contributed by atoms with Crippen molar-refractivity contribution in [3.05, 3.63) is 35.9 Å². The Kier molecular flexibility index (Phi) is 4.22. The lowest BCUT2D eigenvalue weighted by Gasteiger charge is -2.13. The molecular weight excluding hydrogens is 188 g/mol. The summed E-state index contributed by atoms with van der Waals surface area (Å²) >= 11 is 0. The first kappa shape index (κ1) is 11.6. The molecule has 0 spiro atoms. The van der Waals surface area contributed by atoms with E-state index in [4.69, 9.17) is 0 Å². The van der Waals surface area contributed by atoms with Crippen LogP contribution in [0.2, 0.25) is 0 Å². The third-order valence-corrected chi connectivity index (χ3v) is 2.34. The van der Waals surface area contributed by atoms with Crippen molar-refractivity contribution in [3.8, 4) is 0 Å². The normalized spacial score (nSPS) is 10.3. The van der Waals surface area contributed by atoms with E-state index in [-0.39, 0.29) is 17.5 Å². The molecule has 1 rings (SSSR count). The first-order chi connectivity index (χ1) is 7.09. The summed E-state index contributed by atoms with van der Waals surface area (Å²) in [6, 6.07) is 9.74. The topological polar surface area (TPSA) is 34.1 Å². The van der Waals surface area contributed by atoms with Gasteiger partial charge in [0.2, 0.25) is 0 Å². The third kappa shape index (κ3) is 4.07. The second-order valence-corrected chi connectivity index (χ2v) is 3.92. The second kappa shape index (κ2) is 5.44. The zero-order chi connectivity index (χ0) is 11.3. The van der Waals surface area contributed by atoms with Gasteiger partial charge in [-0.2, -0.15) is 0 Å². The van der Waals surface area contributed by atoms with Crippen molar-refractivity contribution in [2.24, 2.45) is 0 Å². The predicted molar refractivity (Wildman–Crippen MR) is 59.8 cm³/mol. The third-order valence-electron chi connectivity index (χ3n) is 2.34. The Hall–Kier alpha value is -1.44. The molecule has 0 N–H and O–H groups in total. The Morgan fingerprint density at radius 2 is 1.47 bits per heavy atom. The van der Waals surface area contributed by atoms with E-state index in [2.05, 4.69) is 0 Å². The smallest absolute Gasteiger partial charge is 0.130 e. The van der Waals surface area contributed by atoms with Gasteiger partial charge in [-0.15, -0.1) is 0 Å². The molecule has 0 bridgehead atoms. The second-order valence-electron chi connectivity index (χ2n) is 3.92. The number of carbonyl (C=O) groups excluding carboxylic acids is 2. The van der Waals surface area contributed by atoms with Crippen LogP contribution in [0, 0.1) is 0 Å². The van der Waals surface area contributed by atoms with Gasteiger partial charge in [0, 0.05) is 12.8 Å². The predicted octanol–water partition coefficient (Wildman–Crippen LogP) is 2.73. The number of Topliss-reactive ketones (excluding diaryl/α,β-unsaturated/α-hetero) is 2. The van der Waals surface area contributed by atoms with E-state index in [1.54, 1.807) is 13.8 Å². The molecule has 15 heavy (non-hydrogen) atoms. The Morgan fingerprint density at radius 3 is 1.87 bits per heavy atom. The van der Waals surface area contributed by atoms with E-state index < -0.39 is 0 Å². The molecule has 0 fully saturated rings. The largest absolute Gasteiger partial charge is 0.300 e. The zero-order valence-corrected chi connectivity index (χ0v) is 9.19. The first-order valence-corrected chi connectivity index (χ1v) is 5.13. The summed E-state index contributed by atoms with van der Waals surface area (Å²) in [4.78, 5) is 22.2. The van der Waals surface area contributed by atoms with Crippen molar-refractivity contribution in [1.82, 2.24) is 0 Å². The van der Waals surface area contributed by atoms with Gasteiger partial charge >= 0.3 is 0 Å².